The van der Waals surface area contributed by atoms with Crippen LogP contribution in [0.1, 0.15) is 16.7 Å². The number of hydrogen-bond acceptors (Lipinski definition) is 2. The summed E-state index contributed by atoms with van der Waals surface area (Å²) in [7, 11) is 0. The van der Waals surface area contributed by atoms with E-state index < -0.39 is 0 Å². The second-order valence-electron chi connectivity index (χ2n) is 10.8. The molecule has 0 bridgehead atoms. The molecule has 0 atom stereocenters. The lowest BCUT2D eigenvalue weighted by atomic mass is 9.81. The predicted octanol–water partition coefficient (Wildman–Crippen LogP) is 8.92. The van der Waals surface area contributed by atoms with E-state index in [2.05, 4.69) is 91.0 Å². The van der Waals surface area contributed by atoms with Crippen molar-refractivity contribution in [3.63, 3.8) is 0 Å². The minimum atomic E-state index is 0.0652. The van der Waals surface area contributed by atoms with Crippen LogP contribution in [0.4, 0.5) is 0 Å². The number of Topliss-reactive ketones (excluding diaryl/α,β-unsaturated/α-hetero) is 1. The smallest absolute Gasteiger partial charge is 0.202 e. The highest BCUT2D eigenvalue weighted by molar-refractivity contribution is 6.21. The minimum Gasteiger partial charge on any atom is -0.453 e. The Bertz CT molecular complexity index is 2270. The third-order valence-corrected chi connectivity index (χ3v) is 8.69. The Morgan fingerprint density at radius 2 is 1.15 bits per heavy atom. The van der Waals surface area contributed by atoms with E-state index in [0.717, 1.165) is 33.4 Å². The Morgan fingerprint density at radius 3 is 1.97 bits per heavy atom. The van der Waals surface area contributed by atoms with Crippen LogP contribution in [0.2, 0.25) is 0 Å². The summed E-state index contributed by atoms with van der Waals surface area (Å²) in [6, 6.07) is 39.1. The molecule has 0 spiro atoms. The maximum Gasteiger partial charge on any atom is 0.202 e. The highest BCUT2D eigenvalue weighted by atomic mass is 16.5. The van der Waals surface area contributed by atoms with E-state index >= 15 is 0 Å². The first-order valence-corrected chi connectivity index (χ1v) is 13.5. The maximum atomic E-state index is 13.4. The molecule has 0 saturated heterocycles. The topological polar surface area (TPSA) is 26.3 Å². The lowest BCUT2D eigenvalue weighted by Crippen LogP contribution is -2.24. The summed E-state index contributed by atoms with van der Waals surface area (Å²) in [6.45, 7) is 0. The van der Waals surface area contributed by atoms with Gasteiger partial charge in [-0.1, -0.05) is 78.9 Å². The van der Waals surface area contributed by atoms with E-state index in [0.29, 0.717) is 18.6 Å². The van der Waals surface area contributed by atoms with Gasteiger partial charge in [0.05, 0.1) is 0 Å². The van der Waals surface area contributed by atoms with Crippen molar-refractivity contribution in [3.05, 3.63) is 132 Å². The second-order valence-corrected chi connectivity index (χ2v) is 10.8. The van der Waals surface area contributed by atoms with Gasteiger partial charge >= 0.3 is 0 Å². The van der Waals surface area contributed by atoms with Gasteiger partial charge in [0.25, 0.3) is 0 Å². The van der Waals surface area contributed by atoms with Gasteiger partial charge < -0.3 is 4.74 Å². The fourth-order valence-electron chi connectivity index (χ4n) is 6.80. The van der Waals surface area contributed by atoms with Crippen LogP contribution < -0.4 is 4.74 Å². The molecule has 0 unspecified atom stereocenters. The molecule has 0 aromatic heterocycles. The Balaban J connectivity index is 1.30. The number of rotatable bonds is 0. The van der Waals surface area contributed by atoms with Crippen LogP contribution in [-0.2, 0) is 17.6 Å². The predicted molar refractivity (Wildman–Crippen MR) is 160 cm³/mol. The number of hydrogen-bond donors (Lipinski definition) is 0. The summed E-state index contributed by atoms with van der Waals surface area (Å²) in [4.78, 5) is 13.4. The highest BCUT2D eigenvalue weighted by Crippen LogP contribution is 2.43. The number of fused-ring (bicyclic) bond motifs is 11. The average Bonchev–Trinajstić information content (AvgIpc) is 2.98. The molecule has 0 N–H and O–H groups in total. The third-order valence-electron chi connectivity index (χ3n) is 8.69. The Kier molecular flexibility index (Phi) is 4.07. The van der Waals surface area contributed by atoms with Crippen molar-refractivity contribution in [2.75, 3.05) is 0 Å². The van der Waals surface area contributed by atoms with Gasteiger partial charge in [0.15, 0.2) is 5.76 Å². The van der Waals surface area contributed by atoms with Crippen LogP contribution in [0, 0.1) is 0 Å². The third kappa shape index (κ3) is 2.94. The molecule has 0 saturated carbocycles. The molecule has 0 fully saturated rings. The Morgan fingerprint density at radius 1 is 0.513 bits per heavy atom. The van der Waals surface area contributed by atoms with Gasteiger partial charge in [-0.15, -0.1) is 0 Å². The van der Waals surface area contributed by atoms with E-state index in [1.54, 1.807) is 0 Å². The molecule has 0 amide bonds. The molecule has 1 aliphatic heterocycles. The van der Waals surface area contributed by atoms with Crippen molar-refractivity contribution < 1.29 is 9.53 Å². The summed E-state index contributed by atoms with van der Waals surface area (Å²) in [6.07, 6.45) is 1.07. The van der Waals surface area contributed by atoms with Gasteiger partial charge in [0.2, 0.25) is 5.78 Å². The molecule has 39 heavy (non-hydrogen) atoms. The highest BCUT2D eigenvalue weighted by Gasteiger charge is 2.32. The Labute approximate surface area is 224 Å². The molecule has 9 rings (SSSR count). The quantitative estimate of drug-likeness (QED) is 0.154. The van der Waals surface area contributed by atoms with Crippen LogP contribution in [0.3, 0.4) is 0 Å². The van der Waals surface area contributed by atoms with E-state index in [1.165, 1.54) is 48.5 Å². The van der Waals surface area contributed by atoms with Gasteiger partial charge in [0, 0.05) is 18.4 Å². The normalized spacial score (nSPS) is 14.6. The fraction of sp³-hybridized carbons (Fsp3) is 0.0541. The summed E-state index contributed by atoms with van der Waals surface area (Å²) < 4.78 is 6.15. The molecule has 2 heteroatoms. The van der Waals surface area contributed by atoms with Crippen molar-refractivity contribution >= 4 is 65.2 Å². The first-order valence-electron chi connectivity index (χ1n) is 13.5. The van der Waals surface area contributed by atoms with Crippen molar-refractivity contribution in [2.45, 2.75) is 12.8 Å². The largest absolute Gasteiger partial charge is 0.453 e. The number of benzene rings is 7. The standard InChI is InChI=1S/C37H22O2/c38-35-20-33-29(34-18-26-7-3-4-8-36(26)39-37(34)35)14-11-25-16-24-10-12-27-28(31(24)19-32(25)33)13-9-23-15-21-5-1-2-6-22(21)17-30(23)27/h1-17,19H,18,20H2. The first kappa shape index (κ1) is 21.0. The average molecular weight is 499 g/mol. The number of para-hydroxylation sites is 1. The van der Waals surface area contributed by atoms with E-state index in [4.69, 9.17) is 4.74 Å². The van der Waals surface area contributed by atoms with E-state index in [-0.39, 0.29) is 5.78 Å². The van der Waals surface area contributed by atoms with E-state index in [9.17, 15) is 4.79 Å². The number of ether oxygens (including phenoxy) is 1. The fourth-order valence-corrected chi connectivity index (χ4v) is 6.80. The molecule has 182 valence electrons. The van der Waals surface area contributed by atoms with Gasteiger partial charge in [-0.25, -0.2) is 0 Å². The SMILES string of the molecule is O=C1Cc2c(ccc3cc4ccc5c6cc7ccccc7cc6ccc5c4cc23)C2=C1Oc1ccccc1C2. The lowest BCUT2D eigenvalue weighted by molar-refractivity contribution is -0.117. The summed E-state index contributed by atoms with van der Waals surface area (Å²) >= 11 is 0. The second kappa shape index (κ2) is 7.55. The molecule has 0 radical (unpaired) electrons. The molecule has 7 aromatic rings. The van der Waals surface area contributed by atoms with Crippen LogP contribution in [0.5, 0.6) is 5.75 Å². The number of allylic oxidation sites excluding steroid dienone is 2. The zero-order valence-corrected chi connectivity index (χ0v) is 21.1. The van der Waals surface area contributed by atoms with Crippen LogP contribution in [0.25, 0.3) is 59.4 Å². The molecule has 2 nitrogen and oxygen atoms in total. The Hall–Kier alpha value is -4.95. The molecule has 1 heterocycles. The molecular formula is C37H22O2. The summed E-state index contributed by atoms with van der Waals surface area (Å²) in [5.41, 5.74) is 4.40. The zero-order chi connectivity index (χ0) is 25.7. The molecule has 7 aromatic carbocycles. The van der Waals surface area contributed by atoms with Crippen LogP contribution in [0.15, 0.2) is 115 Å². The summed E-state index contributed by atoms with van der Waals surface area (Å²) in [5, 5.41) is 12.3. The van der Waals surface area contributed by atoms with Crippen molar-refractivity contribution in [3.8, 4) is 5.75 Å². The number of carbonyl (C=O) groups excluding carboxylic acids is 1. The van der Waals surface area contributed by atoms with Gasteiger partial charge in [0.1, 0.15) is 5.75 Å². The van der Waals surface area contributed by atoms with Crippen molar-refractivity contribution in [1.82, 2.24) is 0 Å². The van der Waals surface area contributed by atoms with Crippen molar-refractivity contribution in [1.29, 1.82) is 0 Å². The minimum absolute atomic E-state index is 0.0652. The monoisotopic (exact) mass is 498 g/mol. The lowest BCUT2D eigenvalue weighted by Gasteiger charge is -2.28. The number of carbonyl (C=O) groups is 1. The van der Waals surface area contributed by atoms with Gasteiger partial charge in [-0.05, 0) is 101 Å². The summed E-state index contributed by atoms with van der Waals surface area (Å²) in [5.74, 6) is 1.38. The zero-order valence-electron chi connectivity index (χ0n) is 21.1. The first-order chi connectivity index (χ1) is 19.2. The molecule has 1 aliphatic carbocycles. The maximum absolute atomic E-state index is 13.4. The number of ketones is 1. The van der Waals surface area contributed by atoms with Gasteiger partial charge in [-0.2, -0.15) is 0 Å². The van der Waals surface area contributed by atoms with Crippen LogP contribution in [-0.4, -0.2) is 5.78 Å². The van der Waals surface area contributed by atoms with Crippen molar-refractivity contribution in [2.24, 2.45) is 0 Å². The van der Waals surface area contributed by atoms with E-state index in [1.807, 2.05) is 18.2 Å². The molecule has 2 aliphatic rings. The molecular weight excluding hydrogens is 476 g/mol. The van der Waals surface area contributed by atoms with Crippen LogP contribution >= 0.6 is 0 Å². The van der Waals surface area contributed by atoms with Gasteiger partial charge in [-0.3, -0.25) is 4.79 Å².